The second-order valence-corrected chi connectivity index (χ2v) is 17.0. The van der Waals surface area contributed by atoms with E-state index in [1.54, 1.807) is 24.3 Å². The predicted molar refractivity (Wildman–Crippen MR) is 228 cm³/mol. The first-order valence-corrected chi connectivity index (χ1v) is 24.2. The van der Waals surface area contributed by atoms with Crippen LogP contribution >= 0.6 is 15.6 Å². The van der Waals surface area contributed by atoms with Crippen molar-refractivity contribution in [1.29, 1.82) is 0 Å². The van der Waals surface area contributed by atoms with Crippen molar-refractivity contribution in [2.75, 3.05) is 26.4 Å². The van der Waals surface area contributed by atoms with Crippen LogP contribution in [0.2, 0.25) is 0 Å². The third-order valence-electron chi connectivity index (χ3n) is 8.58. The molecule has 6 N–H and O–H groups in total. The molecule has 0 amide bonds. The van der Waals surface area contributed by atoms with Gasteiger partial charge in [0.25, 0.3) is 0 Å². The van der Waals surface area contributed by atoms with E-state index >= 15 is 0 Å². The SMILES string of the molecule is CCCCCC/C=C\CCCCCCCC(=O)OC[C@H](COP(=O)(O)OC[C@@H](O)COP(=O)(O)O)OC(=O)CCC[C@H](O)/C=C/C=C\C/C=C\C=C\[C@H](O)CCCCC. The number of aliphatic hydroxyl groups is 3. The zero-order valence-electron chi connectivity index (χ0n) is 35.3. The molecule has 0 saturated carbocycles. The number of aliphatic hydroxyl groups excluding tert-OH is 3. The number of phosphoric ester groups is 2. The van der Waals surface area contributed by atoms with Crippen molar-refractivity contribution in [2.45, 2.75) is 167 Å². The Labute approximate surface area is 352 Å². The van der Waals surface area contributed by atoms with Gasteiger partial charge < -0.3 is 39.5 Å². The molecule has 0 rings (SSSR count). The van der Waals surface area contributed by atoms with Gasteiger partial charge in [0.15, 0.2) is 6.10 Å². The van der Waals surface area contributed by atoms with Gasteiger partial charge in [0.05, 0.1) is 32.0 Å². The standard InChI is InChI=1S/C42H74O15P2/c1-3-5-7-8-9-10-11-12-13-14-18-21-25-31-41(46)53-35-40(36-56-59(51,52)55-34-39(45)33-54-58(48,49)50)57-42(47)32-26-30-38(44)29-24-20-17-15-16-19-23-28-37(43)27-22-6-4-2/h10-11,16-17,19-20,23-24,28-29,37-40,43-45H,3-9,12-15,18,21-22,25-27,30-36H2,1-2H3,(H,51,52)(H2,48,49,50)/b11-10-,19-16-,20-17-,28-23+,29-24+/t37-,38-,39+,40-/m1/s1. The molecule has 342 valence electrons. The molecule has 5 atom stereocenters. The van der Waals surface area contributed by atoms with Gasteiger partial charge in [-0.15, -0.1) is 0 Å². The second-order valence-electron chi connectivity index (χ2n) is 14.3. The maximum absolute atomic E-state index is 12.7. The summed E-state index contributed by atoms with van der Waals surface area (Å²) in [5.41, 5.74) is 0. The Balaban J connectivity index is 4.80. The summed E-state index contributed by atoms with van der Waals surface area (Å²) in [5, 5.41) is 29.9. The highest BCUT2D eigenvalue weighted by Crippen LogP contribution is 2.43. The van der Waals surface area contributed by atoms with Crippen LogP contribution in [-0.4, -0.2) is 92.8 Å². The van der Waals surface area contributed by atoms with Crippen molar-refractivity contribution < 1.29 is 71.8 Å². The van der Waals surface area contributed by atoms with Crippen LogP contribution in [0.4, 0.5) is 0 Å². The summed E-state index contributed by atoms with van der Waals surface area (Å²) >= 11 is 0. The van der Waals surface area contributed by atoms with Gasteiger partial charge in [0, 0.05) is 12.8 Å². The Morgan fingerprint density at radius 1 is 0.559 bits per heavy atom. The molecule has 0 saturated heterocycles. The molecule has 0 aliphatic carbocycles. The van der Waals surface area contributed by atoms with E-state index < -0.39 is 78.4 Å². The third kappa shape index (κ3) is 40.9. The quantitative estimate of drug-likeness (QED) is 0.0112. The summed E-state index contributed by atoms with van der Waals surface area (Å²) in [6, 6.07) is 0. The minimum absolute atomic E-state index is 0.120. The van der Waals surface area contributed by atoms with E-state index in [2.05, 4.69) is 35.0 Å². The highest BCUT2D eigenvalue weighted by atomic mass is 31.2. The van der Waals surface area contributed by atoms with E-state index in [4.69, 9.17) is 23.8 Å². The first-order chi connectivity index (χ1) is 28.2. The first-order valence-electron chi connectivity index (χ1n) is 21.2. The van der Waals surface area contributed by atoms with Gasteiger partial charge in [0.2, 0.25) is 0 Å². The number of phosphoric acid groups is 2. The molecule has 1 unspecified atom stereocenters. The number of rotatable bonds is 39. The molecule has 0 aliphatic rings. The number of allylic oxidation sites excluding steroid dienone is 8. The highest BCUT2D eigenvalue weighted by Gasteiger charge is 2.28. The van der Waals surface area contributed by atoms with Crippen molar-refractivity contribution in [3.63, 3.8) is 0 Å². The maximum Gasteiger partial charge on any atom is 0.472 e. The van der Waals surface area contributed by atoms with Gasteiger partial charge in [-0.1, -0.05) is 132 Å². The van der Waals surface area contributed by atoms with Crippen molar-refractivity contribution >= 4 is 27.6 Å². The van der Waals surface area contributed by atoms with Crippen molar-refractivity contribution in [1.82, 2.24) is 0 Å². The lowest BCUT2D eigenvalue weighted by molar-refractivity contribution is -0.161. The van der Waals surface area contributed by atoms with Crippen molar-refractivity contribution in [3.8, 4) is 0 Å². The summed E-state index contributed by atoms with van der Waals surface area (Å²) in [6.07, 6.45) is 31.4. The van der Waals surface area contributed by atoms with Gasteiger partial charge in [0.1, 0.15) is 12.7 Å². The monoisotopic (exact) mass is 880 g/mol. The molecule has 59 heavy (non-hydrogen) atoms. The fourth-order valence-electron chi connectivity index (χ4n) is 5.26. The molecule has 0 fully saturated rings. The predicted octanol–water partition coefficient (Wildman–Crippen LogP) is 8.39. The number of esters is 2. The summed E-state index contributed by atoms with van der Waals surface area (Å²) in [4.78, 5) is 52.6. The molecule has 0 radical (unpaired) electrons. The van der Waals surface area contributed by atoms with Crippen LogP contribution in [-0.2, 0) is 41.8 Å². The average molecular weight is 881 g/mol. The normalized spacial score (nSPS) is 15.7. The zero-order chi connectivity index (χ0) is 44.0. The lowest BCUT2D eigenvalue weighted by Crippen LogP contribution is -2.30. The van der Waals surface area contributed by atoms with Gasteiger partial charge in [-0.3, -0.25) is 23.2 Å². The molecule has 0 heterocycles. The summed E-state index contributed by atoms with van der Waals surface area (Å²) in [5.74, 6) is -1.27. The largest absolute Gasteiger partial charge is 0.472 e. The third-order valence-corrected chi connectivity index (χ3v) is 10.0. The number of carbonyl (C=O) groups excluding carboxylic acids is 2. The van der Waals surface area contributed by atoms with E-state index in [9.17, 15) is 38.9 Å². The number of carbonyl (C=O) groups is 2. The van der Waals surface area contributed by atoms with Crippen LogP contribution in [0.15, 0.2) is 60.8 Å². The van der Waals surface area contributed by atoms with Crippen LogP contribution in [0.5, 0.6) is 0 Å². The highest BCUT2D eigenvalue weighted by molar-refractivity contribution is 7.47. The topological polar surface area (TPSA) is 236 Å². The molecule has 0 aliphatic heterocycles. The molecule has 15 nitrogen and oxygen atoms in total. The van der Waals surface area contributed by atoms with E-state index in [0.717, 1.165) is 64.2 Å². The van der Waals surface area contributed by atoms with Gasteiger partial charge in [-0.25, -0.2) is 9.13 Å². The fraction of sp³-hybridized carbons (Fsp3) is 0.714. The number of unbranched alkanes of at least 4 members (excludes halogenated alkanes) is 11. The molecular weight excluding hydrogens is 806 g/mol. The molecular formula is C42H74O15P2. The van der Waals surface area contributed by atoms with Crippen LogP contribution in [0.3, 0.4) is 0 Å². The maximum atomic E-state index is 12.7. The van der Waals surface area contributed by atoms with Crippen LogP contribution in [0, 0.1) is 0 Å². The molecule has 17 heteroatoms. The summed E-state index contributed by atoms with van der Waals surface area (Å²) in [6.45, 7) is 1.35. The van der Waals surface area contributed by atoms with E-state index in [0.29, 0.717) is 12.8 Å². The van der Waals surface area contributed by atoms with E-state index in [1.165, 1.54) is 25.7 Å². The Morgan fingerprint density at radius 2 is 1.07 bits per heavy atom. The lowest BCUT2D eigenvalue weighted by atomic mass is 10.1. The molecule has 0 aromatic heterocycles. The lowest BCUT2D eigenvalue weighted by Gasteiger charge is -2.20. The first kappa shape index (κ1) is 56.7. The number of hydrogen-bond donors (Lipinski definition) is 6. The smallest absolute Gasteiger partial charge is 0.462 e. The van der Waals surface area contributed by atoms with E-state index in [-0.39, 0.29) is 25.7 Å². The van der Waals surface area contributed by atoms with Crippen LogP contribution in [0.25, 0.3) is 0 Å². The average Bonchev–Trinajstić information content (AvgIpc) is 3.18. The minimum atomic E-state index is -4.89. The van der Waals surface area contributed by atoms with Crippen LogP contribution in [0.1, 0.15) is 142 Å². The second kappa shape index (κ2) is 37.5. The van der Waals surface area contributed by atoms with E-state index in [1.807, 2.05) is 24.3 Å². The van der Waals surface area contributed by atoms with Crippen molar-refractivity contribution in [3.05, 3.63) is 60.8 Å². The molecule has 0 aromatic rings. The van der Waals surface area contributed by atoms with Crippen molar-refractivity contribution in [2.24, 2.45) is 0 Å². The summed E-state index contributed by atoms with van der Waals surface area (Å²) in [7, 11) is -9.77. The van der Waals surface area contributed by atoms with Gasteiger partial charge in [-0.05, 0) is 57.8 Å². The van der Waals surface area contributed by atoms with Gasteiger partial charge in [-0.2, -0.15) is 0 Å². The number of hydrogen-bond acceptors (Lipinski definition) is 12. The number of ether oxygens (including phenoxy) is 2. The fourth-order valence-corrected chi connectivity index (χ4v) is 6.42. The Kier molecular flexibility index (Phi) is 36.1. The van der Waals surface area contributed by atoms with Crippen LogP contribution < -0.4 is 0 Å². The minimum Gasteiger partial charge on any atom is -0.462 e. The zero-order valence-corrected chi connectivity index (χ0v) is 37.1. The summed E-state index contributed by atoms with van der Waals surface area (Å²) < 4.78 is 47.5. The Hall–Kier alpha value is -2.26. The molecule has 0 bridgehead atoms. The van der Waals surface area contributed by atoms with Gasteiger partial charge >= 0.3 is 27.6 Å². The molecule has 0 spiro atoms. The Morgan fingerprint density at radius 3 is 1.68 bits per heavy atom. The molecule has 0 aromatic carbocycles. The Bertz CT molecular complexity index is 1310.